The third kappa shape index (κ3) is 4.33. The van der Waals surface area contributed by atoms with Gasteiger partial charge >= 0.3 is 0 Å². The van der Waals surface area contributed by atoms with Crippen molar-refractivity contribution >= 4 is 11.9 Å². The van der Waals surface area contributed by atoms with E-state index < -0.39 is 0 Å². The van der Waals surface area contributed by atoms with Crippen molar-refractivity contribution in [3.8, 4) is 0 Å². The number of rotatable bonds is 2. The quantitative estimate of drug-likeness (QED) is 0.646. The van der Waals surface area contributed by atoms with Gasteiger partial charge in [0, 0.05) is 10.8 Å². The summed E-state index contributed by atoms with van der Waals surface area (Å²) in [6, 6.07) is 0.718. The second-order valence-corrected chi connectivity index (χ2v) is 6.02. The Morgan fingerprint density at radius 1 is 1.25 bits per heavy atom. The SMILES string of the molecule is CC(C)(C)SNC1CCNCC1. The van der Waals surface area contributed by atoms with Gasteiger partial charge in [0.05, 0.1) is 0 Å². The molecule has 1 aliphatic heterocycles. The summed E-state index contributed by atoms with van der Waals surface area (Å²) in [7, 11) is 0. The molecule has 2 N–H and O–H groups in total. The highest BCUT2D eigenvalue weighted by atomic mass is 32.2. The first-order valence-electron chi connectivity index (χ1n) is 4.72. The standard InChI is InChI=1S/C9H20N2S/c1-9(2,3)12-11-8-4-6-10-7-5-8/h8,10-11H,4-7H2,1-3H3. The highest BCUT2D eigenvalue weighted by Crippen LogP contribution is 2.21. The van der Waals surface area contributed by atoms with Gasteiger partial charge in [-0.2, -0.15) is 0 Å². The van der Waals surface area contributed by atoms with Crippen molar-refractivity contribution < 1.29 is 0 Å². The van der Waals surface area contributed by atoms with E-state index >= 15 is 0 Å². The Bertz CT molecular complexity index is 125. The maximum absolute atomic E-state index is 3.54. The van der Waals surface area contributed by atoms with Crippen LogP contribution >= 0.6 is 11.9 Å². The van der Waals surface area contributed by atoms with Crippen molar-refractivity contribution in [1.82, 2.24) is 10.0 Å². The molecule has 0 aliphatic carbocycles. The molecular weight excluding hydrogens is 168 g/mol. The molecule has 1 saturated heterocycles. The fourth-order valence-electron chi connectivity index (χ4n) is 1.20. The molecule has 72 valence electrons. The largest absolute Gasteiger partial charge is 0.317 e. The maximum Gasteiger partial charge on any atom is 0.0220 e. The fraction of sp³-hybridized carbons (Fsp3) is 1.00. The zero-order chi connectivity index (χ0) is 9.03. The molecule has 0 bridgehead atoms. The van der Waals surface area contributed by atoms with Crippen LogP contribution < -0.4 is 10.0 Å². The molecule has 0 saturated carbocycles. The van der Waals surface area contributed by atoms with Crippen molar-refractivity contribution in [3.05, 3.63) is 0 Å². The maximum atomic E-state index is 3.54. The van der Waals surface area contributed by atoms with Gasteiger partial charge in [-0.1, -0.05) is 11.9 Å². The van der Waals surface area contributed by atoms with Crippen LogP contribution in [0.25, 0.3) is 0 Å². The van der Waals surface area contributed by atoms with Gasteiger partial charge < -0.3 is 5.32 Å². The summed E-state index contributed by atoms with van der Waals surface area (Å²) in [5, 5.41) is 3.36. The Balaban J connectivity index is 2.13. The van der Waals surface area contributed by atoms with Crippen LogP contribution in [0, 0.1) is 0 Å². The molecular formula is C9H20N2S. The molecule has 1 rings (SSSR count). The Morgan fingerprint density at radius 2 is 1.83 bits per heavy atom. The normalized spacial score (nSPS) is 21.2. The van der Waals surface area contributed by atoms with Crippen LogP contribution in [0.4, 0.5) is 0 Å². The lowest BCUT2D eigenvalue weighted by molar-refractivity contribution is 0.438. The number of piperidine rings is 1. The van der Waals surface area contributed by atoms with E-state index in [1.807, 2.05) is 11.9 Å². The molecule has 0 unspecified atom stereocenters. The molecule has 0 amide bonds. The third-order valence-electron chi connectivity index (χ3n) is 1.87. The highest BCUT2D eigenvalue weighted by Gasteiger charge is 2.16. The number of hydrogen-bond acceptors (Lipinski definition) is 3. The van der Waals surface area contributed by atoms with Gasteiger partial charge in [0.2, 0.25) is 0 Å². The van der Waals surface area contributed by atoms with Crippen LogP contribution in [0.15, 0.2) is 0 Å². The van der Waals surface area contributed by atoms with Gasteiger partial charge in [0.25, 0.3) is 0 Å². The molecule has 0 aromatic rings. The van der Waals surface area contributed by atoms with Crippen molar-refractivity contribution in [2.45, 2.75) is 44.4 Å². The monoisotopic (exact) mass is 188 g/mol. The Kier molecular flexibility index (Phi) is 3.87. The summed E-state index contributed by atoms with van der Waals surface area (Å²) >= 11 is 1.86. The summed E-state index contributed by atoms with van der Waals surface area (Å²) in [6.07, 6.45) is 2.53. The second-order valence-electron chi connectivity index (χ2n) is 4.36. The van der Waals surface area contributed by atoms with Crippen LogP contribution in [0.2, 0.25) is 0 Å². The second kappa shape index (κ2) is 4.49. The zero-order valence-electron chi connectivity index (χ0n) is 8.31. The van der Waals surface area contributed by atoms with Crippen LogP contribution in [0.5, 0.6) is 0 Å². The lowest BCUT2D eigenvalue weighted by Gasteiger charge is -2.27. The zero-order valence-corrected chi connectivity index (χ0v) is 9.13. The topological polar surface area (TPSA) is 24.1 Å². The van der Waals surface area contributed by atoms with E-state index in [9.17, 15) is 0 Å². The Hall–Kier alpha value is 0.270. The first kappa shape index (κ1) is 10.4. The summed E-state index contributed by atoms with van der Waals surface area (Å²) in [4.78, 5) is 0. The fourth-order valence-corrected chi connectivity index (χ4v) is 1.96. The molecule has 12 heavy (non-hydrogen) atoms. The number of nitrogens with one attached hydrogen (secondary N) is 2. The van der Waals surface area contributed by atoms with Gasteiger partial charge in [0.1, 0.15) is 0 Å². The Morgan fingerprint density at radius 3 is 2.33 bits per heavy atom. The minimum absolute atomic E-state index is 0.338. The first-order valence-corrected chi connectivity index (χ1v) is 5.54. The molecule has 2 nitrogen and oxygen atoms in total. The molecule has 1 heterocycles. The molecule has 0 aromatic carbocycles. The van der Waals surface area contributed by atoms with Crippen LogP contribution in [-0.4, -0.2) is 23.9 Å². The minimum Gasteiger partial charge on any atom is -0.317 e. The summed E-state index contributed by atoms with van der Waals surface area (Å²) < 4.78 is 3.88. The van der Waals surface area contributed by atoms with Crippen LogP contribution in [0.1, 0.15) is 33.6 Å². The molecule has 3 heteroatoms. The third-order valence-corrected chi connectivity index (χ3v) is 2.93. The van der Waals surface area contributed by atoms with E-state index in [0.717, 1.165) is 6.04 Å². The lowest BCUT2D eigenvalue weighted by atomic mass is 10.1. The minimum atomic E-state index is 0.338. The van der Waals surface area contributed by atoms with Crippen molar-refractivity contribution in [2.75, 3.05) is 13.1 Å². The van der Waals surface area contributed by atoms with E-state index in [2.05, 4.69) is 30.8 Å². The first-order chi connectivity index (χ1) is 5.58. The summed E-state index contributed by atoms with van der Waals surface area (Å²) in [5.41, 5.74) is 0. The highest BCUT2D eigenvalue weighted by molar-refractivity contribution is 7.98. The van der Waals surface area contributed by atoms with Crippen LogP contribution in [0.3, 0.4) is 0 Å². The molecule has 0 atom stereocenters. The van der Waals surface area contributed by atoms with E-state index in [4.69, 9.17) is 0 Å². The molecule has 1 aliphatic rings. The van der Waals surface area contributed by atoms with Crippen molar-refractivity contribution in [2.24, 2.45) is 0 Å². The van der Waals surface area contributed by atoms with Gasteiger partial charge in [0.15, 0.2) is 0 Å². The average molecular weight is 188 g/mol. The van der Waals surface area contributed by atoms with Gasteiger partial charge in [-0.3, -0.25) is 4.72 Å². The van der Waals surface area contributed by atoms with Gasteiger partial charge in [-0.15, -0.1) is 0 Å². The lowest BCUT2D eigenvalue weighted by Crippen LogP contribution is -2.38. The van der Waals surface area contributed by atoms with Crippen molar-refractivity contribution in [1.29, 1.82) is 0 Å². The smallest absolute Gasteiger partial charge is 0.0220 e. The van der Waals surface area contributed by atoms with E-state index in [1.54, 1.807) is 0 Å². The Labute approximate surface area is 80.0 Å². The number of hydrogen-bond donors (Lipinski definition) is 2. The van der Waals surface area contributed by atoms with Crippen LogP contribution in [-0.2, 0) is 0 Å². The molecule has 0 spiro atoms. The molecule has 0 aromatic heterocycles. The van der Waals surface area contributed by atoms with Gasteiger partial charge in [-0.25, -0.2) is 0 Å². The summed E-state index contributed by atoms with van der Waals surface area (Å²) in [5.74, 6) is 0. The molecule has 0 radical (unpaired) electrons. The van der Waals surface area contributed by atoms with E-state index in [0.29, 0.717) is 4.75 Å². The predicted molar refractivity (Wildman–Crippen MR) is 56.4 cm³/mol. The van der Waals surface area contributed by atoms with E-state index in [1.165, 1.54) is 25.9 Å². The van der Waals surface area contributed by atoms with E-state index in [-0.39, 0.29) is 0 Å². The molecule has 1 fully saturated rings. The summed E-state index contributed by atoms with van der Waals surface area (Å²) in [6.45, 7) is 9.06. The average Bonchev–Trinajstić information content (AvgIpc) is 2.02. The van der Waals surface area contributed by atoms with Gasteiger partial charge in [-0.05, 0) is 46.7 Å². The predicted octanol–water partition coefficient (Wildman–Crippen LogP) is 1.77. The van der Waals surface area contributed by atoms with Crippen molar-refractivity contribution in [3.63, 3.8) is 0 Å².